The third kappa shape index (κ3) is 5.70. The monoisotopic (exact) mass is 267 g/mol. The van der Waals surface area contributed by atoms with Gasteiger partial charge in [-0.1, -0.05) is 0 Å². The van der Waals surface area contributed by atoms with Crippen molar-refractivity contribution in [1.29, 1.82) is 0 Å². The molecule has 5 nitrogen and oxygen atoms in total. The summed E-state index contributed by atoms with van der Waals surface area (Å²) in [6.07, 6.45) is 4.07. The maximum absolute atomic E-state index is 4.29. The van der Waals surface area contributed by atoms with Crippen LogP contribution in [0, 0.1) is 0 Å². The van der Waals surface area contributed by atoms with E-state index in [1.165, 1.54) is 19.4 Å². The van der Waals surface area contributed by atoms with Crippen LogP contribution in [0.15, 0.2) is 6.33 Å². The minimum Gasteiger partial charge on any atom is -0.310 e. The van der Waals surface area contributed by atoms with Gasteiger partial charge in [0.15, 0.2) is 0 Å². The van der Waals surface area contributed by atoms with E-state index in [1.54, 1.807) is 6.33 Å². The SMILES string of the molecule is CC(C)N(C)CCCCNCc1ncnn1C(C)C. The molecule has 0 spiro atoms. The molecule has 1 rings (SSSR count). The number of hydrogen-bond acceptors (Lipinski definition) is 4. The van der Waals surface area contributed by atoms with Gasteiger partial charge in [-0.2, -0.15) is 5.10 Å². The van der Waals surface area contributed by atoms with E-state index >= 15 is 0 Å². The molecule has 0 aromatic carbocycles. The molecule has 0 radical (unpaired) electrons. The number of nitrogens with one attached hydrogen (secondary N) is 1. The fourth-order valence-electron chi connectivity index (χ4n) is 1.90. The molecule has 1 aromatic heterocycles. The second-order valence-electron chi connectivity index (χ2n) is 5.67. The van der Waals surface area contributed by atoms with Crippen LogP contribution in [0.2, 0.25) is 0 Å². The molecule has 110 valence electrons. The molecule has 1 aromatic rings. The zero-order valence-electron chi connectivity index (χ0n) is 13.1. The van der Waals surface area contributed by atoms with Crippen LogP contribution in [0.1, 0.15) is 52.4 Å². The highest BCUT2D eigenvalue weighted by Gasteiger charge is 2.06. The van der Waals surface area contributed by atoms with Gasteiger partial charge in [-0.05, 0) is 60.7 Å². The Morgan fingerprint density at radius 3 is 2.63 bits per heavy atom. The minimum absolute atomic E-state index is 0.374. The van der Waals surface area contributed by atoms with Crippen LogP contribution in [0.5, 0.6) is 0 Å². The van der Waals surface area contributed by atoms with Crippen LogP contribution in [-0.2, 0) is 6.54 Å². The highest BCUT2D eigenvalue weighted by molar-refractivity contribution is 4.85. The molecule has 0 aliphatic carbocycles. The quantitative estimate of drug-likeness (QED) is 0.696. The average Bonchev–Trinajstić information content (AvgIpc) is 2.81. The van der Waals surface area contributed by atoms with Crippen LogP contribution in [0.4, 0.5) is 0 Å². The van der Waals surface area contributed by atoms with Crippen LogP contribution in [-0.4, -0.2) is 45.8 Å². The van der Waals surface area contributed by atoms with Crippen molar-refractivity contribution in [3.8, 4) is 0 Å². The summed E-state index contributed by atoms with van der Waals surface area (Å²) in [5, 5.41) is 7.68. The van der Waals surface area contributed by atoms with E-state index in [9.17, 15) is 0 Å². The van der Waals surface area contributed by atoms with Crippen LogP contribution < -0.4 is 5.32 Å². The van der Waals surface area contributed by atoms with Crippen LogP contribution >= 0.6 is 0 Å². The predicted molar refractivity (Wildman–Crippen MR) is 79.1 cm³/mol. The van der Waals surface area contributed by atoms with E-state index in [1.807, 2.05) is 4.68 Å². The molecule has 0 unspecified atom stereocenters. The van der Waals surface area contributed by atoms with Crippen molar-refractivity contribution in [3.63, 3.8) is 0 Å². The number of hydrogen-bond donors (Lipinski definition) is 1. The van der Waals surface area contributed by atoms with Crippen LogP contribution in [0.3, 0.4) is 0 Å². The number of rotatable bonds is 9. The molecular weight excluding hydrogens is 238 g/mol. The van der Waals surface area contributed by atoms with E-state index in [4.69, 9.17) is 0 Å². The molecule has 0 fully saturated rings. The summed E-state index contributed by atoms with van der Waals surface area (Å²) in [6, 6.07) is 1.01. The van der Waals surface area contributed by atoms with Gasteiger partial charge in [0.05, 0.1) is 6.54 Å². The Bertz CT molecular complexity index is 345. The summed E-state index contributed by atoms with van der Waals surface area (Å²) in [4.78, 5) is 6.67. The van der Waals surface area contributed by atoms with Crippen molar-refractivity contribution in [1.82, 2.24) is 25.0 Å². The van der Waals surface area contributed by atoms with Gasteiger partial charge in [-0.15, -0.1) is 0 Å². The standard InChI is InChI=1S/C14H29N5/c1-12(2)18(5)9-7-6-8-15-10-14-16-11-17-19(14)13(3)4/h11-13,15H,6-10H2,1-5H3. The fraction of sp³-hybridized carbons (Fsp3) is 0.857. The van der Waals surface area contributed by atoms with E-state index in [2.05, 4.69) is 55.0 Å². The van der Waals surface area contributed by atoms with Gasteiger partial charge in [0.1, 0.15) is 12.2 Å². The number of unbranched alkanes of at least 4 members (excludes halogenated alkanes) is 1. The highest BCUT2D eigenvalue weighted by Crippen LogP contribution is 2.04. The topological polar surface area (TPSA) is 46.0 Å². The first-order chi connectivity index (χ1) is 9.02. The summed E-state index contributed by atoms with van der Waals surface area (Å²) in [5.41, 5.74) is 0. The van der Waals surface area contributed by atoms with Gasteiger partial charge >= 0.3 is 0 Å². The summed E-state index contributed by atoms with van der Waals surface area (Å²) in [5.74, 6) is 1.02. The summed E-state index contributed by atoms with van der Waals surface area (Å²) >= 11 is 0. The summed E-state index contributed by atoms with van der Waals surface area (Å²) < 4.78 is 1.97. The van der Waals surface area contributed by atoms with Gasteiger partial charge in [-0.3, -0.25) is 0 Å². The van der Waals surface area contributed by atoms with E-state index in [0.717, 1.165) is 18.9 Å². The first-order valence-corrected chi connectivity index (χ1v) is 7.31. The van der Waals surface area contributed by atoms with E-state index in [-0.39, 0.29) is 0 Å². The molecule has 5 heteroatoms. The molecule has 0 saturated heterocycles. The second-order valence-corrected chi connectivity index (χ2v) is 5.67. The number of nitrogens with zero attached hydrogens (tertiary/aromatic N) is 4. The molecule has 0 atom stereocenters. The first kappa shape index (κ1) is 16.1. The molecule has 19 heavy (non-hydrogen) atoms. The third-order valence-electron chi connectivity index (χ3n) is 3.42. The Kier molecular flexibility index (Phi) is 7.02. The van der Waals surface area contributed by atoms with Crippen molar-refractivity contribution < 1.29 is 0 Å². The van der Waals surface area contributed by atoms with Gasteiger partial charge in [0.2, 0.25) is 0 Å². The molecule has 1 N–H and O–H groups in total. The molecule has 0 saturated carbocycles. The Balaban J connectivity index is 2.12. The average molecular weight is 267 g/mol. The lowest BCUT2D eigenvalue weighted by molar-refractivity contribution is 0.268. The molecule has 0 aliphatic heterocycles. The fourth-order valence-corrected chi connectivity index (χ4v) is 1.90. The molecule has 1 heterocycles. The highest BCUT2D eigenvalue weighted by atomic mass is 15.3. The largest absolute Gasteiger partial charge is 0.310 e. The van der Waals surface area contributed by atoms with Crippen molar-refractivity contribution in [2.75, 3.05) is 20.1 Å². The van der Waals surface area contributed by atoms with Crippen molar-refractivity contribution >= 4 is 0 Å². The maximum Gasteiger partial charge on any atom is 0.141 e. The predicted octanol–water partition coefficient (Wildman–Crippen LogP) is 2.07. The van der Waals surface area contributed by atoms with Gasteiger partial charge in [0, 0.05) is 12.1 Å². The van der Waals surface area contributed by atoms with Crippen LogP contribution in [0.25, 0.3) is 0 Å². The van der Waals surface area contributed by atoms with Gasteiger partial charge in [-0.25, -0.2) is 9.67 Å². The zero-order valence-corrected chi connectivity index (χ0v) is 13.1. The Morgan fingerprint density at radius 1 is 1.26 bits per heavy atom. The third-order valence-corrected chi connectivity index (χ3v) is 3.42. The molecule has 0 amide bonds. The lowest BCUT2D eigenvalue weighted by atomic mass is 10.2. The normalized spacial score (nSPS) is 12.0. The lowest BCUT2D eigenvalue weighted by Crippen LogP contribution is -2.28. The molecule has 0 bridgehead atoms. The minimum atomic E-state index is 0.374. The Hall–Kier alpha value is -0.940. The summed E-state index contributed by atoms with van der Waals surface area (Å²) in [6.45, 7) is 11.7. The van der Waals surface area contributed by atoms with Gasteiger partial charge < -0.3 is 10.2 Å². The maximum atomic E-state index is 4.29. The van der Waals surface area contributed by atoms with Crippen molar-refractivity contribution in [2.45, 2.75) is 59.2 Å². The molecular formula is C14H29N5. The number of aromatic nitrogens is 3. The zero-order chi connectivity index (χ0) is 14.3. The lowest BCUT2D eigenvalue weighted by Gasteiger charge is -2.20. The smallest absolute Gasteiger partial charge is 0.141 e. The summed E-state index contributed by atoms with van der Waals surface area (Å²) in [7, 11) is 2.18. The Morgan fingerprint density at radius 2 is 2.00 bits per heavy atom. The van der Waals surface area contributed by atoms with E-state index < -0.39 is 0 Å². The van der Waals surface area contributed by atoms with Crippen molar-refractivity contribution in [3.05, 3.63) is 12.2 Å². The molecule has 0 aliphatic rings. The second kappa shape index (κ2) is 8.27. The van der Waals surface area contributed by atoms with E-state index in [0.29, 0.717) is 12.1 Å². The Labute approximate surface area is 117 Å². The van der Waals surface area contributed by atoms with Crippen molar-refractivity contribution in [2.24, 2.45) is 0 Å². The first-order valence-electron chi connectivity index (χ1n) is 7.31. The van der Waals surface area contributed by atoms with Gasteiger partial charge in [0.25, 0.3) is 0 Å².